The molecule has 0 amide bonds. The molecule has 260 valence electrons. The predicted molar refractivity (Wildman–Crippen MR) is 227 cm³/mol. The third-order valence-corrected chi connectivity index (χ3v) is 11.8. The number of rotatable bonds is 3. The van der Waals surface area contributed by atoms with E-state index in [-0.39, 0.29) is 6.71 Å². The largest absolute Gasteiger partial charge is 0.458 e. The smallest absolute Gasteiger partial charge is 0.260 e. The average molecular weight is 717 g/mol. The van der Waals surface area contributed by atoms with Crippen molar-refractivity contribution in [1.29, 1.82) is 0 Å². The highest BCUT2D eigenvalue weighted by Crippen LogP contribution is 2.43. The van der Waals surface area contributed by atoms with Gasteiger partial charge < -0.3 is 14.0 Å². The molecule has 0 radical (unpaired) electrons. The second-order valence-corrected chi connectivity index (χ2v) is 14.7. The van der Waals surface area contributed by atoms with Crippen LogP contribution in [0.25, 0.3) is 72.2 Å². The highest BCUT2D eigenvalue weighted by molar-refractivity contribution is 6.98. The van der Waals surface area contributed by atoms with Crippen LogP contribution in [-0.4, -0.2) is 25.2 Å². The minimum Gasteiger partial charge on any atom is -0.458 e. The van der Waals surface area contributed by atoms with Crippen LogP contribution in [-0.2, 0) is 0 Å². The summed E-state index contributed by atoms with van der Waals surface area (Å²) < 4.78 is 20.5. The van der Waals surface area contributed by atoms with Crippen LogP contribution in [0, 0.1) is 0 Å². The molecule has 0 N–H and O–H groups in total. The van der Waals surface area contributed by atoms with Crippen LogP contribution in [0.3, 0.4) is 0 Å². The fourth-order valence-electron chi connectivity index (χ4n) is 9.46. The molecule has 3 aromatic heterocycles. The average Bonchev–Trinajstić information content (AvgIpc) is 3.91. The van der Waals surface area contributed by atoms with Gasteiger partial charge >= 0.3 is 0 Å². The van der Waals surface area contributed by atoms with Crippen molar-refractivity contribution < 1.29 is 9.47 Å². The van der Waals surface area contributed by atoms with Gasteiger partial charge in [0.1, 0.15) is 28.5 Å². The molecule has 56 heavy (non-hydrogen) atoms. The minimum absolute atomic E-state index is 0.0215. The Labute approximate surface area is 321 Å². The highest BCUT2D eigenvalue weighted by atomic mass is 16.5. The van der Waals surface area contributed by atoms with E-state index in [9.17, 15) is 0 Å². The van der Waals surface area contributed by atoms with Crippen molar-refractivity contribution in [3.05, 3.63) is 176 Å². The van der Waals surface area contributed by atoms with Crippen molar-refractivity contribution in [3.63, 3.8) is 0 Å². The van der Waals surface area contributed by atoms with Gasteiger partial charge in [0.05, 0.1) is 33.3 Å². The Hall–Kier alpha value is -7.51. The van der Waals surface area contributed by atoms with Gasteiger partial charge in [-0.15, -0.1) is 0 Å². The van der Waals surface area contributed by atoms with Gasteiger partial charge in [-0.2, -0.15) is 0 Å². The molecule has 0 unspecified atom stereocenters. The molecule has 0 atom stereocenters. The SMILES string of the molecule is c1ccc(-n2c3ccccc3n3c4ccc5c6ccccc6n(-c6ccccc6-c6cc7c8c(c6)Oc6ccccc6B8c6ccccc6O7)c5c4nc23)cc1. The van der Waals surface area contributed by atoms with E-state index in [1.807, 2.05) is 12.1 Å². The monoisotopic (exact) mass is 716 g/mol. The van der Waals surface area contributed by atoms with Crippen molar-refractivity contribution in [2.24, 2.45) is 0 Å². The Morgan fingerprint density at radius 1 is 0.464 bits per heavy atom. The van der Waals surface area contributed by atoms with Crippen LogP contribution in [0.2, 0.25) is 0 Å². The van der Waals surface area contributed by atoms with Crippen molar-refractivity contribution >= 4 is 72.8 Å². The number of imidazole rings is 2. The molecule has 0 saturated heterocycles. The molecule has 13 rings (SSSR count). The molecule has 2 aliphatic rings. The van der Waals surface area contributed by atoms with Gasteiger partial charge in [0.25, 0.3) is 6.71 Å². The zero-order valence-electron chi connectivity index (χ0n) is 29.9. The first-order chi connectivity index (χ1) is 27.8. The number of ether oxygens (including phenoxy) is 2. The van der Waals surface area contributed by atoms with Gasteiger partial charge in [-0.1, -0.05) is 103 Å². The molecule has 0 bridgehead atoms. The van der Waals surface area contributed by atoms with Crippen LogP contribution >= 0.6 is 0 Å². The van der Waals surface area contributed by atoms with E-state index in [1.165, 1.54) is 5.39 Å². The molecular weight excluding hydrogens is 687 g/mol. The third kappa shape index (κ3) is 3.93. The molecule has 0 spiro atoms. The molecular formula is C49H29BN4O2. The topological polar surface area (TPSA) is 45.6 Å². The van der Waals surface area contributed by atoms with E-state index in [0.29, 0.717) is 0 Å². The number of nitrogens with zero attached hydrogens (tertiary/aromatic N) is 4. The third-order valence-electron chi connectivity index (χ3n) is 11.8. The first-order valence-corrected chi connectivity index (χ1v) is 19.0. The van der Waals surface area contributed by atoms with Gasteiger partial charge in [-0.3, -0.25) is 8.97 Å². The summed E-state index contributed by atoms with van der Waals surface area (Å²) >= 11 is 0. The Kier molecular flexibility index (Phi) is 5.89. The lowest BCUT2D eigenvalue weighted by atomic mass is 9.35. The number of fused-ring (bicyclic) bond motifs is 13. The standard InChI is InChI=1S/C49H29BN4O2/c1-2-14-31(15-3-1)52-39-22-10-11-23-40(39)54-41-27-26-34-33-17-5-9-21-38(33)53(48(34)47(41)51-49(52)54)37-20-8-4-16-32(37)30-28-44-46-45(29-30)56-43-25-13-7-19-36(43)50(46)35-18-6-12-24-42(35)55-44/h1-29H. The minimum atomic E-state index is 0.0215. The van der Waals surface area contributed by atoms with Crippen molar-refractivity contribution in [1.82, 2.24) is 18.5 Å². The maximum Gasteiger partial charge on any atom is 0.260 e. The van der Waals surface area contributed by atoms with Crippen LogP contribution in [0.15, 0.2) is 176 Å². The lowest BCUT2D eigenvalue weighted by molar-refractivity contribution is 0.465. The van der Waals surface area contributed by atoms with Crippen LogP contribution in [0.5, 0.6) is 23.0 Å². The number of benzene rings is 8. The number of para-hydroxylation sites is 7. The van der Waals surface area contributed by atoms with Gasteiger partial charge in [0.2, 0.25) is 5.78 Å². The maximum absolute atomic E-state index is 6.74. The Bertz CT molecular complexity index is 3380. The van der Waals surface area contributed by atoms with E-state index in [4.69, 9.17) is 14.5 Å². The molecule has 7 heteroatoms. The van der Waals surface area contributed by atoms with E-state index in [2.05, 4.69) is 177 Å². The summed E-state index contributed by atoms with van der Waals surface area (Å²) in [7, 11) is 0. The second-order valence-electron chi connectivity index (χ2n) is 14.7. The van der Waals surface area contributed by atoms with E-state index >= 15 is 0 Å². The Morgan fingerprint density at radius 3 is 1.86 bits per heavy atom. The molecule has 0 saturated carbocycles. The summed E-state index contributed by atoms with van der Waals surface area (Å²) in [5, 5.41) is 2.33. The second kappa shape index (κ2) is 11.0. The predicted octanol–water partition coefficient (Wildman–Crippen LogP) is 9.92. The summed E-state index contributed by atoms with van der Waals surface area (Å²) in [6.07, 6.45) is 0. The fourth-order valence-corrected chi connectivity index (χ4v) is 9.46. The van der Waals surface area contributed by atoms with Crippen LogP contribution in [0.4, 0.5) is 0 Å². The fraction of sp³-hybridized carbons (Fsp3) is 0. The van der Waals surface area contributed by atoms with Gasteiger partial charge in [0.15, 0.2) is 0 Å². The van der Waals surface area contributed by atoms with Gasteiger partial charge in [0, 0.05) is 27.5 Å². The number of aromatic nitrogens is 4. The zero-order chi connectivity index (χ0) is 36.5. The maximum atomic E-state index is 6.74. The van der Waals surface area contributed by atoms with E-state index in [0.717, 1.165) is 106 Å². The molecule has 11 aromatic rings. The molecule has 8 aromatic carbocycles. The lowest BCUT2D eigenvalue weighted by Gasteiger charge is -2.33. The Balaban J connectivity index is 1.09. The summed E-state index contributed by atoms with van der Waals surface area (Å²) in [5.74, 6) is 4.27. The normalized spacial score (nSPS) is 12.9. The van der Waals surface area contributed by atoms with Crippen molar-refractivity contribution in [2.45, 2.75) is 0 Å². The van der Waals surface area contributed by atoms with Crippen molar-refractivity contribution in [3.8, 4) is 45.5 Å². The van der Waals surface area contributed by atoms with Gasteiger partial charge in [-0.05, 0) is 89.3 Å². The lowest BCUT2D eigenvalue weighted by Crippen LogP contribution is -2.57. The first-order valence-electron chi connectivity index (χ1n) is 19.0. The molecule has 2 aliphatic heterocycles. The highest BCUT2D eigenvalue weighted by Gasteiger charge is 2.40. The van der Waals surface area contributed by atoms with E-state index in [1.54, 1.807) is 0 Å². The molecule has 0 aliphatic carbocycles. The summed E-state index contributed by atoms with van der Waals surface area (Å²) in [4.78, 5) is 5.55. The number of hydrogen-bond acceptors (Lipinski definition) is 3. The first kappa shape index (κ1) is 29.9. The quantitative estimate of drug-likeness (QED) is 0.171. The summed E-state index contributed by atoms with van der Waals surface area (Å²) in [5.41, 5.74) is 14.0. The van der Waals surface area contributed by atoms with Crippen molar-refractivity contribution in [2.75, 3.05) is 0 Å². The zero-order valence-corrected chi connectivity index (χ0v) is 29.9. The summed E-state index contributed by atoms with van der Waals surface area (Å²) in [6, 6.07) is 62.0. The number of hydrogen-bond donors (Lipinski definition) is 0. The van der Waals surface area contributed by atoms with Crippen LogP contribution < -0.4 is 25.9 Å². The Morgan fingerprint density at radius 2 is 1.09 bits per heavy atom. The molecule has 5 heterocycles. The van der Waals surface area contributed by atoms with Crippen LogP contribution in [0.1, 0.15) is 0 Å². The molecule has 0 fully saturated rings. The summed E-state index contributed by atoms with van der Waals surface area (Å²) in [6.45, 7) is 0.0215. The molecule has 6 nitrogen and oxygen atoms in total. The van der Waals surface area contributed by atoms with E-state index < -0.39 is 0 Å². The van der Waals surface area contributed by atoms with Gasteiger partial charge in [-0.25, -0.2) is 4.98 Å².